The highest BCUT2D eigenvalue weighted by Gasteiger charge is 2.03. The summed E-state index contributed by atoms with van der Waals surface area (Å²) in [6.07, 6.45) is 8.64. The van der Waals surface area contributed by atoms with Crippen molar-refractivity contribution in [1.82, 2.24) is 9.55 Å². The van der Waals surface area contributed by atoms with Crippen molar-refractivity contribution in [3.8, 4) is 0 Å². The van der Waals surface area contributed by atoms with Gasteiger partial charge in [0.05, 0.1) is 5.69 Å². The second-order valence-electron chi connectivity index (χ2n) is 3.79. The van der Waals surface area contributed by atoms with Crippen LogP contribution in [0.2, 0.25) is 0 Å². The third kappa shape index (κ3) is 3.51. The van der Waals surface area contributed by atoms with Gasteiger partial charge in [-0.1, -0.05) is 12.5 Å². The molecule has 3 heteroatoms. The standard InChI is InChI=1S/C12H21N3/c1-3-4-5-6-7-8-15-11(2)14-10-12(15)9-13/h3,10H,1,4-9,13H2,2H3. The first-order valence-corrected chi connectivity index (χ1v) is 5.61. The minimum Gasteiger partial charge on any atom is -0.331 e. The third-order valence-electron chi connectivity index (χ3n) is 2.64. The molecule has 15 heavy (non-hydrogen) atoms. The molecule has 3 nitrogen and oxygen atoms in total. The highest BCUT2D eigenvalue weighted by molar-refractivity contribution is 5.03. The number of hydrogen-bond acceptors (Lipinski definition) is 2. The van der Waals surface area contributed by atoms with Crippen molar-refractivity contribution in [2.45, 2.75) is 45.7 Å². The summed E-state index contributed by atoms with van der Waals surface area (Å²) >= 11 is 0. The van der Waals surface area contributed by atoms with Crippen LogP contribution >= 0.6 is 0 Å². The summed E-state index contributed by atoms with van der Waals surface area (Å²) < 4.78 is 2.22. The molecule has 0 radical (unpaired) electrons. The van der Waals surface area contributed by atoms with E-state index in [2.05, 4.69) is 16.1 Å². The van der Waals surface area contributed by atoms with Crippen molar-refractivity contribution in [2.75, 3.05) is 0 Å². The van der Waals surface area contributed by atoms with Crippen molar-refractivity contribution < 1.29 is 0 Å². The van der Waals surface area contributed by atoms with Crippen LogP contribution in [-0.4, -0.2) is 9.55 Å². The minimum absolute atomic E-state index is 0.577. The van der Waals surface area contributed by atoms with Gasteiger partial charge < -0.3 is 10.3 Å². The molecule has 0 saturated carbocycles. The number of imidazole rings is 1. The monoisotopic (exact) mass is 207 g/mol. The van der Waals surface area contributed by atoms with Gasteiger partial charge in [0.2, 0.25) is 0 Å². The summed E-state index contributed by atoms with van der Waals surface area (Å²) in [4.78, 5) is 4.27. The van der Waals surface area contributed by atoms with Gasteiger partial charge in [-0.15, -0.1) is 6.58 Å². The molecule has 0 aromatic carbocycles. The second-order valence-corrected chi connectivity index (χ2v) is 3.79. The maximum Gasteiger partial charge on any atom is 0.105 e. The molecule has 0 atom stereocenters. The number of allylic oxidation sites excluding steroid dienone is 1. The molecule has 1 rings (SSSR count). The Bertz CT molecular complexity index is 302. The zero-order valence-corrected chi connectivity index (χ0v) is 9.58. The van der Waals surface area contributed by atoms with E-state index < -0.39 is 0 Å². The van der Waals surface area contributed by atoms with Crippen molar-refractivity contribution in [2.24, 2.45) is 5.73 Å². The molecule has 84 valence electrons. The molecule has 0 saturated heterocycles. The van der Waals surface area contributed by atoms with E-state index in [-0.39, 0.29) is 0 Å². The lowest BCUT2D eigenvalue weighted by molar-refractivity contribution is 0.564. The van der Waals surface area contributed by atoms with Gasteiger partial charge in [0.1, 0.15) is 5.82 Å². The summed E-state index contributed by atoms with van der Waals surface area (Å²) in [5.74, 6) is 1.07. The molecular formula is C12H21N3. The lowest BCUT2D eigenvalue weighted by atomic mass is 10.2. The Balaban J connectivity index is 2.35. The van der Waals surface area contributed by atoms with Crippen LogP contribution in [0.3, 0.4) is 0 Å². The van der Waals surface area contributed by atoms with Gasteiger partial charge in [0.15, 0.2) is 0 Å². The minimum atomic E-state index is 0.577. The van der Waals surface area contributed by atoms with Crippen molar-refractivity contribution in [3.05, 3.63) is 30.4 Å². The van der Waals surface area contributed by atoms with E-state index in [4.69, 9.17) is 5.73 Å². The molecule has 0 unspecified atom stereocenters. The van der Waals surface area contributed by atoms with Gasteiger partial charge in [-0.2, -0.15) is 0 Å². The number of rotatable bonds is 7. The van der Waals surface area contributed by atoms with Crippen LogP contribution in [0.4, 0.5) is 0 Å². The van der Waals surface area contributed by atoms with Crippen molar-refractivity contribution in [1.29, 1.82) is 0 Å². The van der Waals surface area contributed by atoms with Crippen molar-refractivity contribution in [3.63, 3.8) is 0 Å². The molecule has 0 aliphatic carbocycles. The first kappa shape index (κ1) is 12.0. The van der Waals surface area contributed by atoms with Crippen LogP contribution in [0.1, 0.15) is 37.2 Å². The highest BCUT2D eigenvalue weighted by Crippen LogP contribution is 2.08. The van der Waals surface area contributed by atoms with Gasteiger partial charge in [0, 0.05) is 19.3 Å². The van der Waals surface area contributed by atoms with E-state index in [9.17, 15) is 0 Å². The summed E-state index contributed by atoms with van der Waals surface area (Å²) in [5.41, 5.74) is 6.78. The fraction of sp³-hybridized carbons (Fsp3) is 0.583. The molecule has 1 heterocycles. The van der Waals surface area contributed by atoms with Gasteiger partial charge in [0.25, 0.3) is 0 Å². The zero-order chi connectivity index (χ0) is 11.1. The Morgan fingerprint density at radius 2 is 2.27 bits per heavy atom. The van der Waals surface area contributed by atoms with E-state index in [1.165, 1.54) is 19.3 Å². The molecule has 0 bridgehead atoms. The SMILES string of the molecule is C=CCCCCCn1c(CN)cnc1C. The van der Waals surface area contributed by atoms with Crippen LogP contribution in [-0.2, 0) is 13.1 Å². The third-order valence-corrected chi connectivity index (χ3v) is 2.64. The number of aromatic nitrogens is 2. The van der Waals surface area contributed by atoms with Gasteiger partial charge in [-0.05, 0) is 26.2 Å². The first-order valence-electron chi connectivity index (χ1n) is 5.61. The van der Waals surface area contributed by atoms with Crippen LogP contribution in [0, 0.1) is 6.92 Å². The molecular weight excluding hydrogens is 186 g/mol. The number of unbranched alkanes of at least 4 members (excludes halogenated alkanes) is 3. The average Bonchev–Trinajstić information content (AvgIpc) is 2.60. The Morgan fingerprint density at radius 3 is 2.93 bits per heavy atom. The van der Waals surface area contributed by atoms with E-state index in [1.54, 1.807) is 0 Å². The molecule has 0 aliphatic rings. The average molecular weight is 207 g/mol. The van der Waals surface area contributed by atoms with E-state index in [1.807, 2.05) is 19.2 Å². The smallest absolute Gasteiger partial charge is 0.105 e. The maximum absolute atomic E-state index is 5.64. The normalized spacial score (nSPS) is 10.5. The quantitative estimate of drug-likeness (QED) is 0.551. The summed E-state index contributed by atoms with van der Waals surface area (Å²) in [5, 5.41) is 0. The van der Waals surface area contributed by atoms with Gasteiger partial charge in [-0.3, -0.25) is 0 Å². The molecule has 0 spiro atoms. The molecule has 0 amide bonds. The fourth-order valence-corrected chi connectivity index (χ4v) is 1.72. The van der Waals surface area contributed by atoms with Crippen molar-refractivity contribution >= 4 is 0 Å². The Hall–Kier alpha value is -1.09. The van der Waals surface area contributed by atoms with E-state index in [0.29, 0.717) is 6.54 Å². The topological polar surface area (TPSA) is 43.8 Å². The summed E-state index contributed by atoms with van der Waals surface area (Å²) in [6.45, 7) is 7.36. The first-order chi connectivity index (χ1) is 7.29. The molecule has 0 aliphatic heterocycles. The lowest BCUT2D eigenvalue weighted by Crippen LogP contribution is -2.08. The molecule has 2 N–H and O–H groups in total. The number of aryl methyl sites for hydroxylation is 1. The van der Waals surface area contributed by atoms with Crippen LogP contribution in [0.25, 0.3) is 0 Å². The predicted molar refractivity (Wildman–Crippen MR) is 63.5 cm³/mol. The summed E-state index contributed by atoms with van der Waals surface area (Å²) in [6, 6.07) is 0. The predicted octanol–water partition coefficient (Wildman–Crippen LogP) is 2.40. The number of nitrogens with two attached hydrogens (primary N) is 1. The molecule has 0 fully saturated rings. The lowest BCUT2D eigenvalue weighted by Gasteiger charge is -2.08. The second kappa shape index (κ2) is 6.40. The van der Waals surface area contributed by atoms with Gasteiger partial charge in [-0.25, -0.2) is 4.98 Å². The highest BCUT2D eigenvalue weighted by atomic mass is 15.1. The van der Waals surface area contributed by atoms with Crippen LogP contribution in [0.5, 0.6) is 0 Å². The Morgan fingerprint density at radius 1 is 1.47 bits per heavy atom. The van der Waals surface area contributed by atoms with Crippen LogP contribution < -0.4 is 5.73 Å². The number of hydrogen-bond donors (Lipinski definition) is 1. The molecule has 1 aromatic rings. The largest absolute Gasteiger partial charge is 0.331 e. The fourth-order valence-electron chi connectivity index (χ4n) is 1.72. The zero-order valence-electron chi connectivity index (χ0n) is 9.58. The summed E-state index contributed by atoms with van der Waals surface area (Å²) in [7, 11) is 0. The van der Waals surface area contributed by atoms with Crippen LogP contribution in [0.15, 0.2) is 18.9 Å². The Labute approximate surface area is 92.0 Å². The maximum atomic E-state index is 5.64. The Kier molecular flexibility index (Phi) is 5.12. The van der Waals surface area contributed by atoms with Gasteiger partial charge >= 0.3 is 0 Å². The van der Waals surface area contributed by atoms with E-state index >= 15 is 0 Å². The molecule has 1 aromatic heterocycles. The van der Waals surface area contributed by atoms with E-state index in [0.717, 1.165) is 24.5 Å². The number of nitrogens with zero attached hydrogens (tertiary/aromatic N) is 2.